The maximum atomic E-state index is 11.6. The van der Waals surface area contributed by atoms with Gasteiger partial charge in [-0.25, -0.2) is 0 Å². The third-order valence-electron chi connectivity index (χ3n) is 3.96. The van der Waals surface area contributed by atoms with E-state index < -0.39 is 23.9 Å². The molecular weight excluding hydrogens is 274 g/mol. The Balaban J connectivity index is 2.23. The number of piperidine rings is 1. The molecule has 0 saturated carbocycles. The largest absolute Gasteiger partial charge is 0.508 e. The highest BCUT2D eigenvalue weighted by Crippen LogP contribution is 2.32. The first kappa shape index (κ1) is 15.3. The van der Waals surface area contributed by atoms with Crippen LogP contribution in [0.25, 0.3) is 0 Å². The predicted molar refractivity (Wildman–Crippen MR) is 75.2 cm³/mol. The van der Waals surface area contributed by atoms with E-state index in [1.165, 1.54) is 6.07 Å². The lowest BCUT2D eigenvalue weighted by Crippen LogP contribution is -2.41. The van der Waals surface area contributed by atoms with E-state index in [0.717, 1.165) is 5.56 Å². The van der Waals surface area contributed by atoms with Crippen molar-refractivity contribution in [2.24, 2.45) is 5.92 Å². The summed E-state index contributed by atoms with van der Waals surface area (Å²) in [4.78, 5) is 24.3. The minimum atomic E-state index is -1.04. The maximum absolute atomic E-state index is 11.6. The van der Waals surface area contributed by atoms with Gasteiger partial charge in [0.15, 0.2) is 0 Å². The molecule has 1 atom stereocenters. The molecule has 1 saturated heterocycles. The number of nitrogens with zero attached hydrogens (tertiary/aromatic N) is 1. The molecule has 2 rings (SSSR count). The van der Waals surface area contributed by atoms with E-state index in [9.17, 15) is 19.8 Å². The van der Waals surface area contributed by atoms with Crippen LogP contribution in [-0.4, -0.2) is 45.2 Å². The fourth-order valence-electron chi connectivity index (χ4n) is 2.78. The summed E-state index contributed by atoms with van der Waals surface area (Å²) < 4.78 is 0. The first-order valence-electron chi connectivity index (χ1n) is 6.89. The molecule has 0 bridgehead atoms. The minimum absolute atomic E-state index is 0.0478. The number of aliphatic carboxylic acids is 2. The summed E-state index contributed by atoms with van der Waals surface area (Å²) in [5.41, 5.74) is 1.23. The lowest BCUT2D eigenvalue weighted by molar-refractivity contribution is -0.146. The van der Waals surface area contributed by atoms with Crippen LogP contribution < -0.4 is 0 Å². The number of likely N-dealkylation sites (tertiary alicyclic amines) is 1. The fraction of sp³-hybridized carbons (Fsp3) is 0.467. The highest BCUT2D eigenvalue weighted by Gasteiger charge is 2.34. The molecule has 6 heteroatoms. The molecule has 1 aromatic carbocycles. The van der Waals surface area contributed by atoms with Crippen LogP contribution in [0.1, 0.15) is 30.0 Å². The third-order valence-corrected chi connectivity index (χ3v) is 3.96. The fourth-order valence-corrected chi connectivity index (χ4v) is 2.78. The smallest absolute Gasteiger partial charge is 0.325 e. The van der Waals surface area contributed by atoms with E-state index in [1.807, 2.05) is 6.92 Å². The second kappa shape index (κ2) is 6.13. The molecule has 0 radical (unpaired) electrons. The number of benzene rings is 1. The zero-order valence-electron chi connectivity index (χ0n) is 11.8. The maximum Gasteiger partial charge on any atom is 0.325 e. The van der Waals surface area contributed by atoms with E-state index in [1.54, 1.807) is 17.0 Å². The van der Waals surface area contributed by atoms with Gasteiger partial charge in [-0.3, -0.25) is 14.5 Å². The van der Waals surface area contributed by atoms with Crippen LogP contribution in [0.3, 0.4) is 0 Å². The van der Waals surface area contributed by atoms with Crippen molar-refractivity contribution < 1.29 is 24.9 Å². The summed E-state index contributed by atoms with van der Waals surface area (Å²) in [7, 11) is 0. The van der Waals surface area contributed by atoms with Crippen LogP contribution in [0.4, 0.5) is 0 Å². The number of rotatable bonds is 4. The average Bonchev–Trinajstić information content (AvgIpc) is 2.43. The molecule has 1 aliphatic rings. The van der Waals surface area contributed by atoms with Crippen molar-refractivity contribution in [1.82, 2.24) is 4.90 Å². The lowest BCUT2D eigenvalue weighted by atomic mass is 9.93. The Hall–Kier alpha value is -2.08. The lowest BCUT2D eigenvalue weighted by Gasteiger charge is -2.34. The van der Waals surface area contributed by atoms with Gasteiger partial charge in [0.2, 0.25) is 0 Å². The molecule has 1 unspecified atom stereocenters. The van der Waals surface area contributed by atoms with E-state index >= 15 is 0 Å². The van der Waals surface area contributed by atoms with Gasteiger partial charge in [0.1, 0.15) is 11.8 Å². The van der Waals surface area contributed by atoms with Crippen molar-refractivity contribution in [3.63, 3.8) is 0 Å². The Kier molecular flexibility index (Phi) is 4.47. The van der Waals surface area contributed by atoms with Crippen molar-refractivity contribution in [3.05, 3.63) is 29.3 Å². The molecule has 0 amide bonds. The van der Waals surface area contributed by atoms with Gasteiger partial charge in [-0.2, -0.15) is 0 Å². The van der Waals surface area contributed by atoms with Crippen LogP contribution in [0, 0.1) is 12.8 Å². The summed E-state index contributed by atoms with van der Waals surface area (Å²) in [6, 6.07) is 3.93. The van der Waals surface area contributed by atoms with E-state index in [4.69, 9.17) is 5.11 Å². The van der Waals surface area contributed by atoms with Crippen LogP contribution in [-0.2, 0) is 9.59 Å². The second-order valence-electron chi connectivity index (χ2n) is 5.45. The number of hydrogen-bond donors (Lipinski definition) is 3. The summed E-state index contributed by atoms with van der Waals surface area (Å²) in [5.74, 6) is -2.33. The first-order valence-corrected chi connectivity index (χ1v) is 6.89. The molecule has 1 aromatic rings. The van der Waals surface area contributed by atoms with Crippen molar-refractivity contribution in [2.45, 2.75) is 25.8 Å². The number of hydrogen-bond acceptors (Lipinski definition) is 4. The molecule has 0 aromatic heterocycles. The van der Waals surface area contributed by atoms with Crippen molar-refractivity contribution in [1.29, 1.82) is 0 Å². The molecule has 0 aliphatic carbocycles. The van der Waals surface area contributed by atoms with Crippen LogP contribution in [0.5, 0.6) is 5.75 Å². The van der Waals surface area contributed by atoms with Crippen molar-refractivity contribution in [3.8, 4) is 5.75 Å². The standard InChI is InChI=1S/C15H19NO5/c1-9-2-3-12(17)11(8-9)13(15(20)21)16-6-4-10(5-7-16)14(18)19/h2-3,8,10,13,17H,4-7H2,1H3,(H,18,19)(H,20,21). The second-order valence-corrected chi connectivity index (χ2v) is 5.45. The summed E-state index contributed by atoms with van der Waals surface area (Å²) in [6.45, 7) is 2.61. The molecule has 114 valence electrons. The molecule has 1 heterocycles. The highest BCUT2D eigenvalue weighted by molar-refractivity contribution is 5.77. The third kappa shape index (κ3) is 3.33. The van der Waals surface area contributed by atoms with Gasteiger partial charge in [-0.15, -0.1) is 0 Å². The number of carbonyl (C=O) groups is 2. The van der Waals surface area contributed by atoms with E-state index in [-0.39, 0.29) is 5.75 Å². The number of aryl methyl sites for hydroxylation is 1. The zero-order chi connectivity index (χ0) is 15.6. The van der Waals surface area contributed by atoms with Crippen LogP contribution in [0.2, 0.25) is 0 Å². The predicted octanol–water partition coefficient (Wildman–Crippen LogP) is 1.62. The SMILES string of the molecule is Cc1ccc(O)c(C(C(=O)O)N2CCC(C(=O)O)CC2)c1. The van der Waals surface area contributed by atoms with Gasteiger partial charge < -0.3 is 15.3 Å². The van der Waals surface area contributed by atoms with Gasteiger partial charge in [0, 0.05) is 18.7 Å². The summed E-state index contributed by atoms with van der Waals surface area (Å²) in [6.07, 6.45) is 0.845. The summed E-state index contributed by atoms with van der Waals surface area (Å²) >= 11 is 0. The minimum Gasteiger partial charge on any atom is -0.508 e. The topological polar surface area (TPSA) is 98.1 Å². The number of carboxylic acid groups (broad SMARTS) is 2. The van der Waals surface area contributed by atoms with Gasteiger partial charge in [0.25, 0.3) is 0 Å². The first-order chi connectivity index (χ1) is 9.90. The normalized spacial score (nSPS) is 18.3. The molecule has 1 aliphatic heterocycles. The Labute approximate surface area is 122 Å². The van der Waals surface area contributed by atoms with Gasteiger partial charge in [-0.05, 0) is 25.8 Å². The quantitative estimate of drug-likeness (QED) is 0.780. The van der Waals surface area contributed by atoms with Crippen LogP contribution in [0.15, 0.2) is 18.2 Å². The number of aromatic hydroxyl groups is 1. The van der Waals surface area contributed by atoms with Crippen LogP contribution >= 0.6 is 0 Å². The van der Waals surface area contributed by atoms with Gasteiger partial charge in [0.05, 0.1) is 5.92 Å². The Bertz CT molecular complexity index is 549. The average molecular weight is 293 g/mol. The highest BCUT2D eigenvalue weighted by atomic mass is 16.4. The molecule has 21 heavy (non-hydrogen) atoms. The zero-order valence-corrected chi connectivity index (χ0v) is 11.8. The Morgan fingerprint density at radius 2 is 1.86 bits per heavy atom. The summed E-state index contributed by atoms with van der Waals surface area (Å²) in [5, 5.41) is 28.4. The molecule has 6 nitrogen and oxygen atoms in total. The van der Waals surface area contributed by atoms with Gasteiger partial charge in [-0.1, -0.05) is 17.7 Å². The number of phenols is 1. The number of phenolic OH excluding ortho intramolecular Hbond substituents is 1. The monoisotopic (exact) mass is 293 g/mol. The molecule has 3 N–H and O–H groups in total. The Morgan fingerprint density at radius 1 is 1.24 bits per heavy atom. The molecule has 0 spiro atoms. The van der Waals surface area contributed by atoms with Crippen molar-refractivity contribution in [2.75, 3.05) is 13.1 Å². The van der Waals surface area contributed by atoms with Gasteiger partial charge >= 0.3 is 11.9 Å². The molecule has 1 fully saturated rings. The van der Waals surface area contributed by atoms with Crippen molar-refractivity contribution >= 4 is 11.9 Å². The van der Waals surface area contributed by atoms with E-state index in [0.29, 0.717) is 31.5 Å². The number of carboxylic acids is 2. The van der Waals surface area contributed by atoms with E-state index in [2.05, 4.69) is 0 Å². The Morgan fingerprint density at radius 3 is 2.38 bits per heavy atom. The molecular formula is C15H19NO5.